The number of hydrogen-bond donors (Lipinski definition) is 2. The number of amides is 2. The monoisotopic (exact) mass is 584 g/mol. The molecule has 2 N–H and O–H groups in total. The molecule has 2 amide bonds. The van der Waals surface area contributed by atoms with Gasteiger partial charge in [0.25, 0.3) is 5.91 Å². The topological polar surface area (TPSA) is 113 Å². The number of sulfone groups is 1. The Morgan fingerprint density at radius 1 is 1.11 bits per heavy atom. The number of benzene rings is 2. The van der Waals surface area contributed by atoms with Crippen LogP contribution in [-0.2, 0) is 24.2 Å². The quantitative estimate of drug-likeness (QED) is 0.458. The molecule has 2 aromatic rings. The summed E-state index contributed by atoms with van der Waals surface area (Å²) in [4.78, 5) is 28.0. The van der Waals surface area contributed by atoms with Crippen LogP contribution in [0.15, 0.2) is 48.5 Å². The van der Waals surface area contributed by atoms with E-state index in [1.165, 1.54) is 4.90 Å². The maximum absolute atomic E-state index is 13.9. The van der Waals surface area contributed by atoms with Crippen LogP contribution in [0.5, 0.6) is 0 Å². The van der Waals surface area contributed by atoms with Gasteiger partial charge in [-0.2, -0.15) is 0 Å². The predicted molar refractivity (Wildman–Crippen MR) is 148 cm³/mol. The van der Waals surface area contributed by atoms with Gasteiger partial charge in [-0.1, -0.05) is 47.5 Å². The second-order valence-electron chi connectivity index (χ2n) is 10.4. The Labute approximate surface area is 234 Å². The van der Waals surface area contributed by atoms with Crippen LogP contribution in [-0.4, -0.2) is 66.0 Å². The molecule has 0 radical (unpaired) electrons. The summed E-state index contributed by atoms with van der Waals surface area (Å²) in [5.41, 5.74) is 1.36. The maximum atomic E-state index is 13.9. The van der Waals surface area contributed by atoms with Crippen LogP contribution in [0.4, 0.5) is 0 Å². The highest BCUT2D eigenvalue weighted by molar-refractivity contribution is 7.92. The van der Waals surface area contributed by atoms with E-state index < -0.39 is 50.7 Å². The fraction of sp³-hybridized carbons (Fsp3) is 0.481. The minimum atomic E-state index is -3.61. The van der Waals surface area contributed by atoms with E-state index >= 15 is 0 Å². The highest BCUT2D eigenvalue weighted by atomic mass is 35.5. The molecule has 2 aromatic carbocycles. The van der Waals surface area contributed by atoms with Crippen molar-refractivity contribution in [2.24, 2.45) is 0 Å². The average molecular weight is 586 g/mol. The summed E-state index contributed by atoms with van der Waals surface area (Å²) in [6.07, 6.45) is -2.23. The summed E-state index contributed by atoms with van der Waals surface area (Å²) in [5.74, 6) is -1.25. The van der Waals surface area contributed by atoms with Gasteiger partial charge in [0.1, 0.15) is 12.2 Å². The fourth-order valence-corrected chi connectivity index (χ4v) is 6.03. The Hall–Kier alpha value is -2.17. The van der Waals surface area contributed by atoms with Crippen molar-refractivity contribution in [1.29, 1.82) is 0 Å². The molecule has 1 aliphatic rings. The molecule has 0 saturated carbocycles. The number of ether oxygens (including phenoxy) is 1. The van der Waals surface area contributed by atoms with E-state index in [2.05, 4.69) is 5.32 Å². The van der Waals surface area contributed by atoms with Crippen LogP contribution in [0.2, 0.25) is 10.0 Å². The van der Waals surface area contributed by atoms with E-state index in [-0.39, 0.29) is 25.3 Å². The summed E-state index contributed by atoms with van der Waals surface area (Å²) in [6.45, 7) is 6.34. The summed E-state index contributed by atoms with van der Waals surface area (Å²) >= 11 is 12.4. The van der Waals surface area contributed by atoms with Crippen molar-refractivity contribution in [3.63, 3.8) is 0 Å². The van der Waals surface area contributed by atoms with Crippen LogP contribution in [0.1, 0.15) is 57.4 Å². The smallest absolute Gasteiger partial charge is 0.253 e. The molecule has 1 fully saturated rings. The maximum Gasteiger partial charge on any atom is 0.253 e. The number of aliphatic hydroxyl groups excluding tert-OH is 1. The SMILES string of the molecule is C[C@@H](CS(=O)(=O)C(C)(C)C)N1C(=O)[C@H](CC(=O)NCCO)O[C@H](c2cccc(Cl)c2)[C@H]1c1ccc(Cl)cc1. The largest absolute Gasteiger partial charge is 0.395 e. The molecular weight excluding hydrogens is 551 g/mol. The van der Waals surface area contributed by atoms with E-state index in [4.69, 9.17) is 33.0 Å². The molecule has 1 aliphatic heterocycles. The molecule has 208 valence electrons. The molecule has 4 atom stereocenters. The van der Waals surface area contributed by atoms with E-state index in [0.29, 0.717) is 21.2 Å². The Morgan fingerprint density at radius 2 is 1.76 bits per heavy atom. The molecule has 38 heavy (non-hydrogen) atoms. The van der Waals surface area contributed by atoms with E-state index in [0.717, 1.165) is 0 Å². The van der Waals surface area contributed by atoms with E-state index in [1.54, 1.807) is 70.2 Å². The van der Waals surface area contributed by atoms with Gasteiger partial charge in [0.2, 0.25) is 5.91 Å². The fourth-order valence-electron chi connectivity index (χ4n) is 4.41. The first-order chi connectivity index (χ1) is 17.7. The number of hydrogen-bond acceptors (Lipinski definition) is 6. The predicted octanol–water partition coefficient (Wildman–Crippen LogP) is 4.10. The first kappa shape index (κ1) is 30.4. The van der Waals surface area contributed by atoms with Gasteiger partial charge >= 0.3 is 0 Å². The number of carbonyl (C=O) groups is 2. The van der Waals surface area contributed by atoms with Gasteiger partial charge in [0.05, 0.1) is 29.6 Å². The third-order valence-corrected chi connectivity index (χ3v) is 9.76. The first-order valence-corrected chi connectivity index (χ1v) is 14.7. The number of nitrogens with zero attached hydrogens (tertiary/aromatic N) is 1. The lowest BCUT2D eigenvalue weighted by Crippen LogP contribution is -2.57. The van der Waals surface area contributed by atoms with Crippen molar-refractivity contribution in [3.8, 4) is 0 Å². The molecule has 3 rings (SSSR count). The van der Waals surface area contributed by atoms with Gasteiger partial charge in [-0.15, -0.1) is 0 Å². The normalized spacial score (nSPS) is 21.3. The number of aliphatic hydroxyl groups is 1. The molecule has 0 spiro atoms. The van der Waals surface area contributed by atoms with E-state index in [1.807, 2.05) is 6.07 Å². The van der Waals surface area contributed by atoms with Crippen LogP contribution < -0.4 is 5.32 Å². The minimum absolute atomic E-state index is 0.0365. The summed E-state index contributed by atoms with van der Waals surface area (Å²) in [7, 11) is -3.61. The number of morpholine rings is 1. The van der Waals surface area contributed by atoms with Gasteiger partial charge < -0.3 is 20.1 Å². The van der Waals surface area contributed by atoms with Gasteiger partial charge in [-0.05, 0) is 63.1 Å². The molecule has 0 aromatic heterocycles. The number of nitrogens with one attached hydrogen (secondary N) is 1. The molecule has 0 aliphatic carbocycles. The second-order valence-corrected chi connectivity index (χ2v) is 14.0. The Bertz CT molecular complexity index is 1250. The lowest BCUT2D eigenvalue weighted by atomic mass is 9.90. The van der Waals surface area contributed by atoms with Crippen molar-refractivity contribution in [2.75, 3.05) is 18.9 Å². The zero-order valence-corrected chi connectivity index (χ0v) is 24.2. The molecular formula is C27H34Cl2N2O6S. The van der Waals surface area contributed by atoms with Crippen LogP contribution in [0.3, 0.4) is 0 Å². The van der Waals surface area contributed by atoms with Crippen molar-refractivity contribution < 1.29 is 27.9 Å². The Morgan fingerprint density at radius 3 is 2.34 bits per heavy atom. The molecule has 1 heterocycles. The molecule has 0 unspecified atom stereocenters. The lowest BCUT2D eigenvalue weighted by molar-refractivity contribution is -0.179. The number of halogens is 2. The molecule has 11 heteroatoms. The number of carbonyl (C=O) groups excluding carboxylic acids is 2. The van der Waals surface area contributed by atoms with Crippen molar-refractivity contribution in [1.82, 2.24) is 10.2 Å². The summed E-state index contributed by atoms with van der Waals surface area (Å²) in [5, 5.41) is 12.6. The third kappa shape index (κ3) is 7.07. The highest BCUT2D eigenvalue weighted by Gasteiger charge is 2.47. The third-order valence-electron chi connectivity index (χ3n) is 6.49. The Kier molecular flexibility index (Phi) is 9.87. The summed E-state index contributed by atoms with van der Waals surface area (Å²) in [6, 6.07) is 12.5. The lowest BCUT2D eigenvalue weighted by Gasteiger charge is -2.47. The van der Waals surface area contributed by atoms with Gasteiger partial charge in [-0.25, -0.2) is 8.42 Å². The zero-order chi connectivity index (χ0) is 28.3. The van der Waals surface area contributed by atoms with Gasteiger partial charge in [0, 0.05) is 22.6 Å². The molecule has 1 saturated heterocycles. The zero-order valence-electron chi connectivity index (χ0n) is 21.9. The van der Waals surface area contributed by atoms with Crippen molar-refractivity contribution in [2.45, 2.75) is 63.2 Å². The minimum Gasteiger partial charge on any atom is -0.395 e. The molecule has 8 nitrogen and oxygen atoms in total. The van der Waals surface area contributed by atoms with E-state index in [9.17, 15) is 18.0 Å². The van der Waals surface area contributed by atoms with Gasteiger partial charge in [-0.3, -0.25) is 9.59 Å². The van der Waals surface area contributed by atoms with Crippen molar-refractivity contribution >= 4 is 44.9 Å². The van der Waals surface area contributed by atoms with Gasteiger partial charge in [0.15, 0.2) is 9.84 Å². The summed E-state index contributed by atoms with van der Waals surface area (Å²) < 4.78 is 31.6. The van der Waals surface area contributed by atoms with Crippen molar-refractivity contribution in [3.05, 3.63) is 69.7 Å². The average Bonchev–Trinajstić information content (AvgIpc) is 2.83. The highest BCUT2D eigenvalue weighted by Crippen LogP contribution is 2.44. The second kappa shape index (κ2) is 12.3. The number of rotatable bonds is 9. The van der Waals surface area contributed by atoms with Crippen LogP contribution >= 0.6 is 23.2 Å². The standard InChI is InChI=1S/C27H34Cl2N2O6S/c1-17(16-38(35,36)27(2,3)4)31-24(18-8-10-20(28)11-9-18)25(19-6-5-7-21(29)14-19)37-22(26(31)34)15-23(33)30-12-13-32/h5-11,14,17,22,24-25,32H,12-13,15-16H2,1-4H3,(H,30,33)/t17-,22-,24+,25+/m0/s1. The van der Waals surface area contributed by atoms with Crippen LogP contribution in [0.25, 0.3) is 0 Å². The molecule has 0 bridgehead atoms. The van der Waals surface area contributed by atoms with Crippen LogP contribution in [0, 0.1) is 0 Å². The first-order valence-electron chi connectivity index (χ1n) is 12.3. The Balaban J connectivity index is 2.14.